The highest BCUT2D eigenvalue weighted by Crippen LogP contribution is 2.34. The molecule has 1 atom stereocenters. The highest BCUT2D eigenvalue weighted by molar-refractivity contribution is 7.89. The Bertz CT molecular complexity index is 1050. The molecule has 6 nitrogen and oxygen atoms in total. The summed E-state index contributed by atoms with van der Waals surface area (Å²) >= 11 is 0. The van der Waals surface area contributed by atoms with Crippen molar-refractivity contribution in [3.63, 3.8) is 0 Å². The van der Waals surface area contributed by atoms with Gasteiger partial charge in [0.1, 0.15) is 17.5 Å². The van der Waals surface area contributed by atoms with Gasteiger partial charge in [0.05, 0.1) is 11.3 Å². The number of hydrogen-bond acceptors (Lipinski definition) is 3. The van der Waals surface area contributed by atoms with Crippen molar-refractivity contribution in [3.05, 3.63) is 53.8 Å². The number of amides is 2. The summed E-state index contributed by atoms with van der Waals surface area (Å²) in [6.45, 7) is 0.433. The van der Waals surface area contributed by atoms with Gasteiger partial charge in [0.15, 0.2) is 0 Å². The number of urea groups is 1. The molecule has 168 valence electrons. The van der Waals surface area contributed by atoms with E-state index in [4.69, 9.17) is 0 Å². The lowest BCUT2D eigenvalue weighted by Gasteiger charge is -2.22. The molecule has 2 aromatic rings. The fourth-order valence-electron chi connectivity index (χ4n) is 3.52. The molecule has 1 fully saturated rings. The summed E-state index contributed by atoms with van der Waals surface area (Å²) in [7, 11) is -4.02. The lowest BCUT2D eigenvalue weighted by atomic mass is 10.0. The SMILES string of the molecule is O=C(Nc1cccc(F)c1-c1c(F)cccc1F)N1CCCC(NS(=O)(=O)CF)CC1. The zero-order chi connectivity index (χ0) is 22.6. The van der Waals surface area contributed by atoms with Crippen LogP contribution in [0.3, 0.4) is 0 Å². The molecule has 3 rings (SSSR count). The number of rotatable bonds is 5. The average Bonchev–Trinajstić information content (AvgIpc) is 2.95. The molecule has 0 aromatic heterocycles. The minimum Gasteiger partial charge on any atom is -0.324 e. The van der Waals surface area contributed by atoms with Gasteiger partial charge in [-0.2, -0.15) is 0 Å². The minimum atomic E-state index is -4.02. The van der Waals surface area contributed by atoms with E-state index >= 15 is 0 Å². The van der Waals surface area contributed by atoms with Gasteiger partial charge in [-0.3, -0.25) is 0 Å². The van der Waals surface area contributed by atoms with E-state index in [0.29, 0.717) is 12.8 Å². The van der Waals surface area contributed by atoms with Gasteiger partial charge in [0.25, 0.3) is 0 Å². The Morgan fingerprint density at radius 3 is 2.23 bits per heavy atom. The predicted molar refractivity (Wildman–Crippen MR) is 108 cm³/mol. The summed E-state index contributed by atoms with van der Waals surface area (Å²) in [5, 5.41) is 2.49. The number of carbonyl (C=O) groups is 1. The highest BCUT2D eigenvalue weighted by atomic mass is 32.2. The molecule has 11 heteroatoms. The molecule has 31 heavy (non-hydrogen) atoms. The number of alkyl halides is 1. The first-order valence-corrected chi connectivity index (χ1v) is 11.2. The zero-order valence-corrected chi connectivity index (χ0v) is 17.2. The van der Waals surface area contributed by atoms with Gasteiger partial charge in [-0.05, 0) is 43.5 Å². The van der Waals surface area contributed by atoms with Gasteiger partial charge >= 0.3 is 6.03 Å². The third kappa shape index (κ3) is 5.53. The molecule has 2 amide bonds. The van der Waals surface area contributed by atoms with Gasteiger partial charge in [0, 0.05) is 24.7 Å². The van der Waals surface area contributed by atoms with E-state index in [2.05, 4.69) is 10.0 Å². The number of carbonyl (C=O) groups excluding carboxylic acids is 1. The topological polar surface area (TPSA) is 78.5 Å². The van der Waals surface area contributed by atoms with Crippen LogP contribution in [0.4, 0.5) is 28.0 Å². The van der Waals surface area contributed by atoms with E-state index in [1.54, 1.807) is 0 Å². The molecular formula is C20H21F4N3O3S. The molecule has 2 N–H and O–H groups in total. The van der Waals surface area contributed by atoms with Crippen LogP contribution in [-0.4, -0.2) is 44.5 Å². The summed E-state index contributed by atoms with van der Waals surface area (Å²) in [5.41, 5.74) is -1.10. The number of nitrogens with zero attached hydrogens (tertiary/aromatic N) is 1. The highest BCUT2D eigenvalue weighted by Gasteiger charge is 2.25. The molecule has 1 aliphatic heterocycles. The number of nitrogens with one attached hydrogen (secondary N) is 2. The third-order valence-electron chi connectivity index (χ3n) is 4.97. The lowest BCUT2D eigenvalue weighted by molar-refractivity contribution is 0.213. The monoisotopic (exact) mass is 459 g/mol. The van der Waals surface area contributed by atoms with Crippen molar-refractivity contribution in [2.45, 2.75) is 25.3 Å². The van der Waals surface area contributed by atoms with Crippen LogP contribution in [-0.2, 0) is 10.0 Å². The molecule has 1 unspecified atom stereocenters. The Morgan fingerprint density at radius 2 is 1.58 bits per heavy atom. The van der Waals surface area contributed by atoms with Crippen LogP contribution < -0.4 is 10.0 Å². The number of halogens is 4. The molecule has 0 spiro atoms. The Morgan fingerprint density at radius 1 is 0.968 bits per heavy atom. The number of hydrogen-bond donors (Lipinski definition) is 2. The molecule has 2 aromatic carbocycles. The fraction of sp³-hybridized carbons (Fsp3) is 0.350. The largest absolute Gasteiger partial charge is 0.324 e. The van der Waals surface area contributed by atoms with E-state index in [1.165, 1.54) is 17.0 Å². The van der Waals surface area contributed by atoms with Crippen LogP contribution in [0.1, 0.15) is 19.3 Å². The first-order valence-electron chi connectivity index (χ1n) is 9.56. The number of anilines is 1. The van der Waals surface area contributed by atoms with Crippen LogP contribution in [0.25, 0.3) is 11.1 Å². The van der Waals surface area contributed by atoms with Crippen molar-refractivity contribution in [2.24, 2.45) is 0 Å². The molecule has 0 aliphatic carbocycles. The van der Waals surface area contributed by atoms with Crippen LogP contribution in [0.2, 0.25) is 0 Å². The maximum Gasteiger partial charge on any atom is 0.321 e. The van der Waals surface area contributed by atoms with E-state index < -0.39 is 56.7 Å². The molecule has 1 heterocycles. The normalized spacial score (nSPS) is 17.3. The van der Waals surface area contributed by atoms with Crippen molar-refractivity contribution in [1.82, 2.24) is 9.62 Å². The van der Waals surface area contributed by atoms with Gasteiger partial charge in [-0.15, -0.1) is 0 Å². The fourth-order valence-corrected chi connectivity index (χ4v) is 4.32. The molecular weight excluding hydrogens is 438 g/mol. The molecule has 0 bridgehead atoms. The van der Waals surface area contributed by atoms with Crippen molar-refractivity contribution in [3.8, 4) is 11.1 Å². The summed E-state index contributed by atoms with van der Waals surface area (Å²) in [4.78, 5) is 14.1. The van der Waals surface area contributed by atoms with Crippen LogP contribution in [0.15, 0.2) is 36.4 Å². The van der Waals surface area contributed by atoms with E-state index in [0.717, 1.165) is 24.3 Å². The maximum absolute atomic E-state index is 14.5. The molecule has 0 saturated carbocycles. The minimum absolute atomic E-state index is 0.104. The summed E-state index contributed by atoms with van der Waals surface area (Å²) < 4.78 is 80.6. The standard InChI is InChI=1S/C20H21F4N3O3S/c21-12-31(29,30)26-13-4-3-10-27(11-9-13)20(28)25-17-8-2-7-16(24)19(17)18-14(22)5-1-6-15(18)23/h1-2,5-8,13,26H,3-4,9-12H2,(H,25,28). The van der Waals surface area contributed by atoms with Crippen molar-refractivity contribution in [1.29, 1.82) is 0 Å². The Labute approximate surface area is 177 Å². The van der Waals surface area contributed by atoms with Gasteiger partial charge in [0.2, 0.25) is 16.0 Å². The van der Waals surface area contributed by atoms with E-state index in [9.17, 15) is 30.8 Å². The molecule has 1 saturated heterocycles. The first kappa shape index (κ1) is 23.0. The first-order chi connectivity index (χ1) is 14.7. The second-order valence-electron chi connectivity index (χ2n) is 7.15. The summed E-state index contributed by atoms with van der Waals surface area (Å²) in [5.74, 6) is -2.85. The average molecular weight is 459 g/mol. The van der Waals surface area contributed by atoms with Gasteiger partial charge < -0.3 is 10.2 Å². The number of likely N-dealkylation sites (tertiary alicyclic amines) is 1. The quantitative estimate of drug-likeness (QED) is 0.664. The second kappa shape index (κ2) is 9.65. The van der Waals surface area contributed by atoms with Crippen molar-refractivity contribution < 1.29 is 30.8 Å². The third-order valence-corrected chi connectivity index (χ3v) is 5.95. The van der Waals surface area contributed by atoms with E-state index in [-0.39, 0.29) is 25.2 Å². The van der Waals surface area contributed by atoms with E-state index in [1.807, 2.05) is 0 Å². The van der Waals surface area contributed by atoms with Crippen LogP contribution in [0, 0.1) is 17.5 Å². The van der Waals surface area contributed by atoms with Crippen molar-refractivity contribution in [2.75, 3.05) is 24.4 Å². The lowest BCUT2D eigenvalue weighted by Crippen LogP contribution is -2.38. The summed E-state index contributed by atoms with van der Waals surface area (Å²) in [6.07, 6.45) is 1.12. The summed E-state index contributed by atoms with van der Waals surface area (Å²) in [6, 6.07) is 4.13. The number of sulfonamides is 1. The molecule has 1 aliphatic rings. The number of benzene rings is 2. The van der Waals surface area contributed by atoms with Crippen molar-refractivity contribution >= 4 is 21.7 Å². The maximum atomic E-state index is 14.5. The Hall–Kier alpha value is -2.66. The second-order valence-corrected chi connectivity index (χ2v) is 8.83. The zero-order valence-electron chi connectivity index (χ0n) is 16.4. The van der Waals surface area contributed by atoms with Crippen LogP contribution >= 0.6 is 0 Å². The van der Waals surface area contributed by atoms with Gasteiger partial charge in [-0.1, -0.05) is 12.1 Å². The molecule has 0 radical (unpaired) electrons. The van der Waals surface area contributed by atoms with Gasteiger partial charge in [-0.25, -0.2) is 35.5 Å². The predicted octanol–water partition coefficient (Wildman–Crippen LogP) is 4.00. The van der Waals surface area contributed by atoms with Crippen LogP contribution in [0.5, 0.6) is 0 Å². The smallest absolute Gasteiger partial charge is 0.321 e. The Kier molecular flexibility index (Phi) is 7.16. The Balaban J connectivity index is 1.78.